The van der Waals surface area contributed by atoms with Gasteiger partial charge in [-0.3, -0.25) is 0 Å². The van der Waals surface area contributed by atoms with Gasteiger partial charge in [0.1, 0.15) is 33.7 Å². The molecular weight excluding hydrogens is 612 g/mol. The maximum absolute atomic E-state index is 6.25. The highest BCUT2D eigenvalue weighted by Gasteiger charge is 2.12. The van der Waals surface area contributed by atoms with E-state index in [4.69, 9.17) is 112 Å². The van der Waals surface area contributed by atoms with Crippen LogP contribution in [-0.4, -0.2) is 26.4 Å². The number of ether oxygens (including phenoxy) is 4. The number of unbranched alkanes of at least 4 members (excludes halogenated alkanes) is 1. The van der Waals surface area contributed by atoms with Gasteiger partial charge in [-0.25, -0.2) is 0 Å². The van der Waals surface area contributed by atoms with Gasteiger partial charge in [-0.05, 0) is 25.0 Å². The second kappa shape index (κ2) is 15.5. The van der Waals surface area contributed by atoms with E-state index in [1.807, 2.05) is 0 Å². The van der Waals surface area contributed by atoms with Crippen molar-refractivity contribution in [2.45, 2.75) is 12.8 Å². The molecule has 12 heteroatoms. The summed E-state index contributed by atoms with van der Waals surface area (Å²) in [6, 6.07) is 6.39. The van der Waals surface area contributed by atoms with Crippen LogP contribution >= 0.6 is 92.8 Å². The first kappa shape index (κ1) is 29.7. The summed E-state index contributed by atoms with van der Waals surface area (Å²) in [6.07, 6.45) is 4.34. The fraction of sp³-hybridized carbons (Fsp3) is 0.273. The van der Waals surface area contributed by atoms with Crippen LogP contribution in [0.3, 0.4) is 0 Å². The van der Waals surface area contributed by atoms with E-state index in [9.17, 15) is 0 Å². The largest absolute Gasteiger partial charge is 0.490 e. The van der Waals surface area contributed by atoms with E-state index in [0.29, 0.717) is 69.1 Å². The molecule has 0 aliphatic heterocycles. The summed E-state index contributed by atoms with van der Waals surface area (Å²) in [7, 11) is 0. The molecule has 0 saturated carbocycles. The van der Waals surface area contributed by atoms with Gasteiger partial charge in [-0.15, -0.1) is 0 Å². The molecule has 0 aliphatic rings. The minimum Gasteiger partial charge on any atom is -0.490 e. The molecule has 0 amide bonds. The second-order valence-electron chi connectivity index (χ2n) is 6.45. The quantitative estimate of drug-likeness (QED) is 0.207. The van der Waals surface area contributed by atoms with Gasteiger partial charge < -0.3 is 18.9 Å². The Labute approximate surface area is 238 Å². The lowest BCUT2D eigenvalue weighted by Crippen LogP contribution is -2.04. The van der Waals surface area contributed by atoms with Crippen LogP contribution < -0.4 is 18.9 Å². The number of hydrogen-bond donors (Lipinski definition) is 0. The first-order valence-corrected chi connectivity index (χ1v) is 12.7. The molecule has 186 valence electrons. The average molecular weight is 630 g/mol. The van der Waals surface area contributed by atoms with E-state index in [-0.39, 0.29) is 22.2 Å². The van der Waals surface area contributed by atoms with E-state index in [1.165, 1.54) is 12.2 Å². The third-order valence-corrected chi connectivity index (χ3v) is 5.69. The maximum atomic E-state index is 6.25. The van der Waals surface area contributed by atoms with Gasteiger partial charge in [0.15, 0.2) is 11.5 Å². The zero-order valence-corrected chi connectivity index (χ0v) is 23.4. The molecule has 0 unspecified atom stereocenters. The molecular formula is C22H18Cl8O4. The lowest BCUT2D eigenvalue weighted by molar-refractivity contribution is 0.266. The van der Waals surface area contributed by atoms with Gasteiger partial charge in [-0.1, -0.05) is 92.8 Å². The van der Waals surface area contributed by atoms with Crippen molar-refractivity contribution in [2.24, 2.45) is 0 Å². The maximum Gasteiger partial charge on any atom is 0.156 e. The van der Waals surface area contributed by atoms with E-state index in [2.05, 4.69) is 0 Å². The third-order valence-electron chi connectivity index (χ3n) is 3.95. The standard InChI is InChI=1S/C22H18Cl8O4/c23-15-9-13(31-7-3-19(27)28)10-16(24)21(15)33-5-1-2-6-34-22-17(25)11-14(12-18(22)26)32-8-4-20(29)30/h3-4,9-12H,1-2,5-8H2. The summed E-state index contributed by atoms with van der Waals surface area (Å²) in [5.74, 6) is 1.67. The normalized spacial score (nSPS) is 10.5. The molecule has 0 heterocycles. The molecule has 4 nitrogen and oxygen atoms in total. The minimum absolute atomic E-state index is 0.109. The van der Waals surface area contributed by atoms with Crippen LogP contribution in [-0.2, 0) is 0 Å². The smallest absolute Gasteiger partial charge is 0.156 e. The molecule has 0 radical (unpaired) electrons. The van der Waals surface area contributed by atoms with Gasteiger partial charge in [-0.2, -0.15) is 0 Å². The fourth-order valence-electron chi connectivity index (χ4n) is 2.47. The Morgan fingerprint density at radius 3 is 1.18 bits per heavy atom. The second-order valence-corrected chi connectivity index (χ2v) is 10.1. The van der Waals surface area contributed by atoms with Crippen molar-refractivity contribution in [3.63, 3.8) is 0 Å². The van der Waals surface area contributed by atoms with Crippen molar-refractivity contribution >= 4 is 92.8 Å². The van der Waals surface area contributed by atoms with Gasteiger partial charge in [0.25, 0.3) is 0 Å². The van der Waals surface area contributed by atoms with Gasteiger partial charge >= 0.3 is 0 Å². The monoisotopic (exact) mass is 626 g/mol. The highest BCUT2D eigenvalue weighted by molar-refractivity contribution is 6.56. The number of benzene rings is 2. The van der Waals surface area contributed by atoms with Crippen LogP contribution in [0, 0.1) is 0 Å². The molecule has 0 spiro atoms. The van der Waals surface area contributed by atoms with Crippen molar-refractivity contribution in [3.05, 3.63) is 65.5 Å². The summed E-state index contributed by atoms with van der Waals surface area (Å²) >= 11 is 47.2. The summed E-state index contributed by atoms with van der Waals surface area (Å²) in [5, 5.41) is 1.29. The SMILES string of the molecule is ClC(Cl)=CCOc1cc(Cl)c(OCCCCOc2c(Cl)cc(OCC=C(Cl)Cl)cc2Cl)c(Cl)c1. The average Bonchev–Trinajstić information content (AvgIpc) is 2.73. The lowest BCUT2D eigenvalue weighted by Gasteiger charge is -2.13. The first-order chi connectivity index (χ1) is 16.2. The Balaban J connectivity index is 1.78. The van der Waals surface area contributed by atoms with E-state index < -0.39 is 0 Å². The first-order valence-electron chi connectivity index (χ1n) is 9.69. The molecule has 2 aromatic rings. The molecule has 0 aromatic heterocycles. The minimum atomic E-state index is 0.109. The Kier molecular flexibility index (Phi) is 13.6. The number of halogens is 8. The van der Waals surface area contributed by atoms with E-state index in [0.717, 1.165) is 0 Å². The molecule has 0 bridgehead atoms. The predicted molar refractivity (Wildman–Crippen MR) is 144 cm³/mol. The summed E-state index contributed by atoms with van der Waals surface area (Å²) in [6.45, 7) is 1.11. The van der Waals surface area contributed by atoms with Crippen LogP contribution in [0.2, 0.25) is 20.1 Å². The highest BCUT2D eigenvalue weighted by Crippen LogP contribution is 2.38. The third kappa shape index (κ3) is 10.6. The van der Waals surface area contributed by atoms with Crippen LogP contribution in [0.1, 0.15) is 12.8 Å². The van der Waals surface area contributed by atoms with Crippen LogP contribution in [0.15, 0.2) is 45.4 Å². The summed E-state index contributed by atoms with van der Waals surface area (Å²) in [4.78, 5) is 0. The zero-order chi connectivity index (χ0) is 25.1. The topological polar surface area (TPSA) is 36.9 Å². The predicted octanol–water partition coefficient (Wildman–Crippen LogP) is 9.93. The Morgan fingerprint density at radius 1 is 0.559 bits per heavy atom. The molecule has 0 aliphatic carbocycles. The lowest BCUT2D eigenvalue weighted by atomic mass is 10.3. The van der Waals surface area contributed by atoms with Crippen molar-refractivity contribution in [1.82, 2.24) is 0 Å². The summed E-state index contributed by atoms with van der Waals surface area (Å²) in [5.41, 5.74) is 0. The molecule has 34 heavy (non-hydrogen) atoms. The Hall–Kier alpha value is -0.560. The molecule has 0 atom stereocenters. The highest BCUT2D eigenvalue weighted by atomic mass is 35.5. The number of rotatable bonds is 13. The summed E-state index contributed by atoms with van der Waals surface area (Å²) < 4.78 is 22.6. The van der Waals surface area contributed by atoms with Crippen LogP contribution in [0.5, 0.6) is 23.0 Å². The Morgan fingerprint density at radius 2 is 0.882 bits per heavy atom. The molecule has 2 rings (SSSR count). The van der Waals surface area contributed by atoms with Gasteiger partial charge in [0, 0.05) is 24.3 Å². The van der Waals surface area contributed by atoms with Crippen molar-refractivity contribution in [1.29, 1.82) is 0 Å². The molecule has 2 aromatic carbocycles. The van der Waals surface area contributed by atoms with E-state index in [1.54, 1.807) is 24.3 Å². The van der Waals surface area contributed by atoms with Crippen molar-refractivity contribution < 1.29 is 18.9 Å². The van der Waals surface area contributed by atoms with Crippen molar-refractivity contribution in [2.75, 3.05) is 26.4 Å². The van der Waals surface area contributed by atoms with Crippen molar-refractivity contribution in [3.8, 4) is 23.0 Å². The van der Waals surface area contributed by atoms with Gasteiger partial charge in [0.05, 0.1) is 33.3 Å². The van der Waals surface area contributed by atoms with Gasteiger partial charge in [0.2, 0.25) is 0 Å². The Bertz CT molecular complexity index is 890. The van der Waals surface area contributed by atoms with Crippen LogP contribution in [0.4, 0.5) is 0 Å². The number of hydrogen-bond acceptors (Lipinski definition) is 4. The zero-order valence-electron chi connectivity index (χ0n) is 17.4. The van der Waals surface area contributed by atoms with Crippen LogP contribution in [0.25, 0.3) is 0 Å². The molecule has 0 fully saturated rings. The molecule has 0 saturated heterocycles. The van der Waals surface area contributed by atoms with E-state index >= 15 is 0 Å². The fourth-order valence-corrected chi connectivity index (χ4v) is 3.87. The molecule has 0 N–H and O–H groups in total.